The van der Waals surface area contributed by atoms with Crippen molar-refractivity contribution in [2.45, 2.75) is 19.0 Å². The second-order valence-corrected chi connectivity index (χ2v) is 9.76. The van der Waals surface area contributed by atoms with Crippen LogP contribution in [0.4, 0.5) is 5.69 Å². The molecule has 3 aliphatic rings. The van der Waals surface area contributed by atoms with Gasteiger partial charge in [-0.05, 0) is 72.7 Å². The number of Topliss-reactive ketones (excluding diaryl/α,β-unsaturated/α-hetero) is 2. The third-order valence-corrected chi connectivity index (χ3v) is 7.64. The van der Waals surface area contributed by atoms with E-state index in [1.165, 1.54) is 11.8 Å². The second kappa shape index (κ2) is 8.28. The molecule has 3 aromatic carbocycles. The number of benzene rings is 3. The number of hydrogen-bond acceptors (Lipinski definition) is 5. The van der Waals surface area contributed by atoms with Gasteiger partial charge in [-0.3, -0.25) is 19.2 Å². The van der Waals surface area contributed by atoms with Crippen molar-refractivity contribution in [3.05, 3.63) is 106 Å². The van der Waals surface area contributed by atoms with Gasteiger partial charge in [0, 0.05) is 22.3 Å². The van der Waals surface area contributed by atoms with E-state index in [-0.39, 0.29) is 17.5 Å². The molecule has 3 aromatic rings. The molecule has 4 atom stereocenters. The highest BCUT2D eigenvalue weighted by molar-refractivity contribution is 6.30. The molecule has 0 aromatic heterocycles. The highest BCUT2D eigenvalue weighted by Gasteiger charge is 2.64. The van der Waals surface area contributed by atoms with Gasteiger partial charge in [0.15, 0.2) is 11.6 Å². The van der Waals surface area contributed by atoms with Crippen molar-refractivity contribution >= 4 is 46.7 Å². The number of carbonyl (C=O) groups excluding carboxylic acids is 4. The normalized spacial score (nSPS) is 23.9. The second-order valence-electron chi connectivity index (χ2n) is 9.32. The van der Waals surface area contributed by atoms with Gasteiger partial charge in [0.1, 0.15) is 6.04 Å². The molecule has 0 radical (unpaired) electrons. The Bertz CT molecular complexity index is 1460. The van der Waals surface area contributed by atoms with Gasteiger partial charge >= 0.3 is 0 Å². The van der Waals surface area contributed by atoms with Crippen LogP contribution in [0.25, 0.3) is 6.08 Å². The molecule has 178 valence electrons. The summed E-state index contributed by atoms with van der Waals surface area (Å²) in [5.74, 6) is -2.66. The summed E-state index contributed by atoms with van der Waals surface area (Å²) in [6.07, 6.45) is 3.75. The Kier molecular flexibility index (Phi) is 5.16. The predicted molar refractivity (Wildman–Crippen MR) is 136 cm³/mol. The first-order chi connectivity index (χ1) is 17.4. The fourth-order valence-electron chi connectivity index (χ4n) is 5.74. The number of hydrogen-bond donors (Lipinski definition) is 0. The maximum absolute atomic E-state index is 13.9. The smallest absolute Gasteiger partial charge is 0.240 e. The number of halogens is 1. The Balaban J connectivity index is 1.47. The van der Waals surface area contributed by atoms with Crippen molar-refractivity contribution in [3.8, 4) is 0 Å². The van der Waals surface area contributed by atoms with E-state index in [1.807, 2.05) is 41.4 Å². The summed E-state index contributed by atoms with van der Waals surface area (Å²) in [6, 6.07) is 19.5. The van der Waals surface area contributed by atoms with Crippen LogP contribution in [0.5, 0.6) is 0 Å². The molecule has 2 fully saturated rings. The van der Waals surface area contributed by atoms with Gasteiger partial charge in [-0.15, -0.1) is 0 Å². The van der Waals surface area contributed by atoms with Crippen LogP contribution >= 0.6 is 11.6 Å². The van der Waals surface area contributed by atoms with Crippen molar-refractivity contribution in [1.29, 1.82) is 0 Å². The maximum Gasteiger partial charge on any atom is 0.240 e. The summed E-state index contributed by atoms with van der Waals surface area (Å²) in [5, 5.41) is 0.507. The highest BCUT2D eigenvalue weighted by atomic mass is 35.5. The molecule has 36 heavy (non-hydrogen) atoms. The molecule has 3 heterocycles. The number of rotatable bonds is 4. The SMILES string of the molecule is CC(=O)c1ccc(N2C(=O)[C@@H]3[C@H](C2=O)[C@H]2c4ccccc4C=CN2[C@H]3C(=O)c2ccc(Cl)cc2)cc1. The van der Waals surface area contributed by atoms with Gasteiger partial charge in [-0.25, -0.2) is 4.90 Å². The quantitative estimate of drug-likeness (QED) is 0.378. The maximum atomic E-state index is 13.9. The first-order valence-electron chi connectivity index (χ1n) is 11.7. The third-order valence-electron chi connectivity index (χ3n) is 7.39. The van der Waals surface area contributed by atoms with Crippen LogP contribution in [-0.4, -0.2) is 34.3 Å². The number of amides is 2. The average Bonchev–Trinajstić information content (AvgIpc) is 3.36. The highest BCUT2D eigenvalue weighted by Crippen LogP contribution is 2.53. The minimum Gasteiger partial charge on any atom is -0.358 e. The van der Waals surface area contributed by atoms with E-state index in [0.29, 0.717) is 21.8 Å². The first-order valence-corrected chi connectivity index (χ1v) is 12.1. The number of nitrogens with zero attached hydrogens (tertiary/aromatic N) is 2. The fourth-order valence-corrected chi connectivity index (χ4v) is 5.87. The Hall–Kier alpha value is -4.03. The molecule has 0 N–H and O–H groups in total. The molecule has 2 saturated heterocycles. The van der Waals surface area contributed by atoms with Crippen LogP contribution in [0.3, 0.4) is 0 Å². The van der Waals surface area contributed by atoms with Crippen LogP contribution in [0.1, 0.15) is 44.8 Å². The summed E-state index contributed by atoms with van der Waals surface area (Å²) < 4.78 is 0. The van der Waals surface area contributed by atoms with Crippen LogP contribution in [0, 0.1) is 11.8 Å². The van der Waals surface area contributed by atoms with Gasteiger partial charge in [0.2, 0.25) is 11.8 Å². The lowest BCUT2D eigenvalue weighted by Gasteiger charge is -2.35. The van der Waals surface area contributed by atoms with Gasteiger partial charge in [-0.1, -0.05) is 35.9 Å². The molecule has 0 unspecified atom stereocenters. The summed E-state index contributed by atoms with van der Waals surface area (Å²) in [6.45, 7) is 1.46. The third kappa shape index (κ3) is 3.25. The molecule has 6 nitrogen and oxygen atoms in total. The average molecular weight is 497 g/mol. The van der Waals surface area contributed by atoms with Gasteiger partial charge < -0.3 is 4.90 Å². The van der Waals surface area contributed by atoms with Gasteiger partial charge in [0.25, 0.3) is 0 Å². The van der Waals surface area contributed by atoms with Gasteiger partial charge in [-0.2, -0.15) is 0 Å². The molecular weight excluding hydrogens is 476 g/mol. The van der Waals surface area contributed by atoms with E-state index in [0.717, 1.165) is 11.1 Å². The summed E-state index contributed by atoms with van der Waals surface area (Å²) in [7, 11) is 0. The van der Waals surface area contributed by atoms with Crippen LogP contribution in [0.15, 0.2) is 79.0 Å². The van der Waals surface area contributed by atoms with Crippen molar-refractivity contribution in [3.63, 3.8) is 0 Å². The Morgan fingerprint density at radius 2 is 1.44 bits per heavy atom. The van der Waals surface area contributed by atoms with Crippen LogP contribution in [0.2, 0.25) is 5.02 Å². The van der Waals surface area contributed by atoms with Crippen LogP contribution in [-0.2, 0) is 9.59 Å². The lowest BCUT2D eigenvalue weighted by Crippen LogP contribution is -2.44. The minimum atomic E-state index is -0.853. The number of anilines is 1. The van der Waals surface area contributed by atoms with E-state index >= 15 is 0 Å². The monoisotopic (exact) mass is 496 g/mol. The topological polar surface area (TPSA) is 74.8 Å². The Morgan fingerprint density at radius 3 is 2.14 bits per heavy atom. The lowest BCUT2D eigenvalue weighted by molar-refractivity contribution is -0.123. The van der Waals surface area contributed by atoms with E-state index < -0.39 is 29.8 Å². The molecule has 2 amide bonds. The van der Waals surface area contributed by atoms with Gasteiger partial charge in [0.05, 0.1) is 23.6 Å². The van der Waals surface area contributed by atoms with Crippen molar-refractivity contribution in [1.82, 2.24) is 4.90 Å². The minimum absolute atomic E-state index is 0.104. The standard InChI is InChI=1S/C29H21ClN2O4/c1-16(33)17-8-12-21(13-9-17)32-28(35)23-24(29(32)36)26(27(34)19-6-10-20(30)11-7-19)31-15-14-18-4-2-3-5-22(18)25(23)31/h2-15,23-26H,1H3/t23-,24+,25+,26+/m0/s1. The summed E-state index contributed by atoms with van der Waals surface area (Å²) in [4.78, 5) is 56.4. The molecule has 0 bridgehead atoms. The zero-order chi connectivity index (χ0) is 25.1. The number of ketones is 2. The Morgan fingerprint density at radius 1 is 0.806 bits per heavy atom. The first kappa shape index (κ1) is 22.4. The zero-order valence-corrected chi connectivity index (χ0v) is 20.1. The molecular formula is C29H21ClN2O4. The Labute approximate surface area is 212 Å². The van der Waals surface area contributed by atoms with E-state index in [2.05, 4.69) is 0 Å². The molecule has 6 rings (SSSR count). The summed E-state index contributed by atoms with van der Waals surface area (Å²) >= 11 is 6.03. The summed E-state index contributed by atoms with van der Waals surface area (Å²) in [5.41, 5.74) is 3.19. The molecule has 3 aliphatic heterocycles. The van der Waals surface area contributed by atoms with Crippen LogP contribution < -0.4 is 4.90 Å². The van der Waals surface area contributed by atoms with Crippen molar-refractivity contribution in [2.75, 3.05) is 4.90 Å². The van der Waals surface area contributed by atoms with Crippen molar-refractivity contribution in [2.24, 2.45) is 11.8 Å². The number of imide groups is 1. The predicted octanol–water partition coefficient (Wildman–Crippen LogP) is 4.94. The molecule has 0 aliphatic carbocycles. The number of fused-ring (bicyclic) bond motifs is 5. The van der Waals surface area contributed by atoms with E-state index in [1.54, 1.807) is 48.5 Å². The van der Waals surface area contributed by atoms with E-state index in [4.69, 9.17) is 11.6 Å². The molecule has 7 heteroatoms. The molecule has 0 saturated carbocycles. The van der Waals surface area contributed by atoms with Crippen molar-refractivity contribution < 1.29 is 19.2 Å². The largest absolute Gasteiger partial charge is 0.358 e. The lowest BCUT2D eigenvalue weighted by atomic mass is 9.83. The fraction of sp³-hybridized carbons (Fsp3) is 0.172. The van der Waals surface area contributed by atoms with E-state index in [9.17, 15) is 19.2 Å². The zero-order valence-electron chi connectivity index (χ0n) is 19.3. The molecule has 0 spiro atoms. The number of carbonyl (C=O) groups is 4.